The van der Waals surface area contributed by atoms with Gasteiger partial charge >= 0.3 is 11.7 Å². The summed E-state index contributed by atoms with van der Waals surface area (Å²) in [7, 11) is 2.03. The lowest BCUT2D eigenvalue weighted by molar-refractivity contribution is -0.139. The van der Waals surface area contributed by atoms with Crippen LogP contribution in [0, 0.1) is 6.92 Å². The number of hydrogen-bond donors (Lipinski definition) is 1. The lowest BCUT2D eigenvalue weighted by atomic mass is 9.92. The zero-order valence-corrected chi connectivity index (χ0v) is 18.0. The van der Waals surface area contributed by atoms with E-state index in [1.165, 1.54) is 10.9 Å². The van der Waals surface area contributed by atoms with Crippen molar-refractivity contribution >= 4 is 27.9 Å². The molecule has 0 amide bonds. The number of para-hydroxylation sites is 2. The van der Waals surface area contributed by atoms with Gasteiger partial charge in [0.05, 0.1) is 29.5 Å². The summed E-state index contributed by atoms with van der Waals surface area (Å²) in [6.07, 6.45) is 5.41. The van der Waals surface area contributed by atoms with Gasteiger partial charge in [0.15, 0.2) is 0 Å². The molecule has 5 rings (SSSR count). The molecule has 2 heterocycles. The summed E-state index contributed by atoms with van der Waals surface area (Å²) in [6, 6.07) is 14.0. The average molecular weight is 418 g/mol. The molecule has 1 aliphatic carbocycles. The Labute approximate surface area is 180 Å². The molecular formula is C25H27N3O3. The van der Waals surface area contributed by atoms with Crippen molar-refractivity contribution < 1.29 is 9.90 Å². The fraction of sp³-hybridized carbons (Fsp3) is 0.360. The lowest BCUT2D eigenvalue weighted by Crippen LogP contribution is -2.41. The first kappa shape index (κ1) is 19.7. The van der Waals surface area contributed by atoms with E-state index in [1.807, 2.05) is 35.9 Å². The second-order valence-corrected chi connectivity index (χ2v) is 8.93. The SMILES string of the molecule is Cc1cccc2c1c(Cn1c(=O)n(C3(CC(=O)O)CCCC3)c3ccccc31)cn2C. The zero-order chi connectivity index (χ0) is 21.8. The van der Waals surface area contributed by atoms with Crippen molar-refractivity contribution in [2.75, 3.05) is 0 Å². The van der Waals surface area contributed by atoms with E-state index in [-0.39, 0.29) is 12.1 Å². The van der Waals surface area contributed by atoms with E-state index < -0.39 is 11.5 Å². The van der Waals surface area contributed by atoms with E-state index in [9.17, 15) is 14.7 Å². The fourth-order valence-corrected chi connectivity index (χ4v) is 5.64. The Balaban J connectivity index is 1.73. The summed E-state index contributed by atoms with van der Waals surface area (Å²) < 4.78 is 5.71. The fourth-order valence-electron chi connectivity index (χ4n) is 5.64. The highest BCUT2D eigenvalue weighted by Gasteiger charge is 2.40. The lowest BCUT2D eigenvalue weighted by Gasteiger charge is -2.29. The third-order valence-corrected chi connectivity index (χ3v) is 6.95. The molecular weight excluding hydrogens is 390 g/mol. The number of fused-ring (bicyclic) bond motifs is 2. The van der Waals surface area contributed by atoms with Crippen LogP contribution in [-0.4, -0.2) is 24.8 Å². The minimum Gasteiger partial charge on any atom is -0.481 e. The monoisotopic (exact) mass is 417 g/mol. The minimum absolute atomic E-state index is 0.0196. The first-order chi connectivity index (χ1) is 14.9. The molecule has 2 aromatic carbocycles. The number of hydrogen-bond acceptors (Lipinski definition) is 2. The topological polar surface area (TPSA) is 69.2 Å². The molecule has 0 saturated heterocycles. The Morgan fingerprint density at radius 1 is 1.03 bits per heavy atom. The van der Waals surface area contributed by atoms with Crippen molar-refractivity contribution in [3.05, 3.63) is 70.3 Å². The molecule has 1 saturated carbocycles. The molecule has 6 heteroatoms. The van der Waals surface area contributed by atoms with Gasteiger partial charge in [-0.15, -0.1) is 0 Å². The van der Waals surface area contributed by atoms with Gasteiger partial charge < -0.3 is 9.67 Å². The molecule has 31 heavy (non-hydrogen) atoms. The van der Waals surface area contributed by atoms with Gasteiger partial charge in [-0.2, -0.15) is 0 Å². The van der Waals surface area contributed by atoms with Crippen LogP contribution in [0.4, 0.5) is 0 Å². The Bertz CT molecular complexity index is 1370. The first-order valence-electron chi connectivity index (χ1n) is 10.9. The van der Waals surface area contributed by atoms with Gasteiger partial charge in [0, 0.05) is 24.1 Å². The number of carbonyl (C=O) groups is 1. The summed E-state index contributed by atoms with van der Waals surface area (Å²) >= 11 is 0. The van der Waals surface area contributed by atoms with Crippen molar-refractivity contribution in [2.24, 2.45) is 7.05 Å². The van der Waals surface area contributed by atoms with Crippen molar-refractivity contribution in [3.8, 4) is 0 Å². The molecule has 0 spiro atoms. The van der Waals surface area contributed by atoms with Gasteiger partial charge in [-0.25, -0.2) is 4.79 Å². The molecule has 1 fully saturated rings. The molecule has 0 atom stereocenters. The Morgan fingerprint density at radius 3 is 2.42 bits per heavy atom. The largest absolute Gasteiger partial charge is 0.481 e. The maximum atomic E-state index is 13.8. The van der Waals surface area contributed by atoms with Crippen molar-refractivity contribution in [3.63, 3.8) is 0 Å². The van der Waals surface area contributed by atoms with Crippen molar-refractivity contribution in [1.29, 1.82) is 0 Å². The number of nitrogens with zero attached hydrogens (tertiary/aromatic N) is 3. The molecule has 160 valence electrons. The first-order valence-corrected chi connectivity index (χ1v) is 10.9. The molecule has 6 nitrogen and oxygen atoms in total. The molecule has 0 radical (unpaired) electrons. The van der Waals surface area contributed by atoms with E-state index in [1.54, 1.807) is 4.57 Å². The maximum Gasteiger partial charge on any atom is 0.329 e. The molecule has 1 aliphatic rings. The summed E-state index contributed by atoms with van der Waals surface area (Å²) in [5, 5.41) is 10.8. The van der Waals surface area contributed by atoms with E-state index in [4.69, 9.17) is 0 Å². The van der Waals surface area contributed by atoms with Crippen LogP contribution >= 0.6 is 0 Å². The number of aryl methyl sites for hydroxylation is 2. The van der Waals surface area contributed by atoms with Gasteiger partial charge in [0.2, 0.25) is 0 Å². The van der Waals surface area contributed by atoms with Gasteiger partial charge in [-0.1, -0.05) is 37.1 Å². The zero-order valence-electron chi connectivity index (χ0n) is 18.0. The number of rotatable bonds is 5. The van der Waals surface area contributed by atoms with Crippen LogP contribution in [0.1, 0.15) is 43.2 Å². The summed E-state index contributed by atoms with van der Waals surface area (Å²) in [5.41, 5.74) is 4.34. The van der Waals surface area contributed by atoms with Crippen molar-refractivity contribution in [2.45, 2.75) is 51.1 Å². The van der Waals surface area contributed by atoms with E-state index in [0.29, 0.717) is 6.54 Å². The van der Waals surface area contributed by atoms with E-state index in [0.717, 1.165) is 47.8 Å². The van der Waals surface area contributed by atoms with Gasteiger partial charge in [0.25, 0.3) is 0 Å². The summed E-state index contributed by atoms with van der Waals surface area (Å²) in [5.74, 6) is -0.852. The third-order valence-electron chi connectivity index (χ3n) is 6.95. The number of aromatic nitrogens is 3. The quantitative estimate of drug-likeness (QED) is 0.523. The molecule has 4 aromatic rings. The van der Waals surface area contributed by atoms with E-state index in [2.05, 4.69) is 35.9 Å². The Morgan fingerprint density at radius 2 is 1.71 bits per heavy atom. The molecule has 0 unspecified atom stereocenters. The van der Waals surface area contributed by atoms with Crippen LogP contribution in [0.15, 0.2) is 53.5 Å². The number of carboxylic acid groups (broad SMARTS) is 1. The van der Waals surface area contributed by atoms with Crippen LogP contribution in [0.2, 0.25) is 0 Å². The van der Waals surface area contributed by atoms with Gasteiger partial charge in [0.1, 0.15) is 0 Å². The van der Waals surface area contributed by atoms with Gasteiger partial charge in [-0.3, -0.25) is 13.9 Å². The van der Waals surface area contributed by atoms with Crippen molar-refractivity contribution in [1.82, 2.24) is 13.7 Å². The number of aliphatic carboxylic acids is 1. The Kier molecular flexibility index (Phi) is 4.54. The number of benzene rings is 2. The third kappa shape index (κ3) is 3.00. The number of imidazole rings is 1. The standard InChI is InChI=1S/C25H27N3O3/c1-17-8-7-11-21-23(17)18(15-26(21)2)16-27-19-9-3-4-10-20(19)28(24(27)31)25(14-22(29)30)12-5-6-13-25/h3-4,7-11,15H,5-6,12-14,16H2,1-2H3,(H,29,30). The molecule has 1 N–H and O–H groups in total. The van der Waals surface area contributed by atoms with Crippen LogP contribution in [0.25, 0.3) is 21.9 Å². The predicted octanol–water partition coefficient (Wildman–Crippen LogP) is 4.40. The summed E-state index contributed by atoms with van der Waals surface area (Å²) in [4.78, 5) is 25.6. The highest BCUT2D eigenvalue weighted by Crippen LogP contribution is 2.40. The van der Waals surface area contributed by atoms with Gasteiger partial charge in [-0.05, 0) is 49.1 Å². The summed E-state index contributed by atoms with van der Waals surface area (Å²) in [6.45, 7) is 2.55. The Hall–Kier alpha value is -3.28. The second-order valence-electron chi connectivity index (χ2n) is 8.93. The van der Waals surface area contributed by atoms with Crippen LogP contribution in [-0.2, 0) is 23.9 Å². The maximum absolute atomic E-state index is 13.8. The minimum atomic E-state index is -0.852. The van der Waals surface area contributed by atoms with Crippen LogP contribution < -0.4 is 5.69 Å². The second kappa shape index (κ2) is 7.15. The smallest absolute Gasteiger partial charge is 0.329 e. The van der Waals surface area contributed by atoms with E-state index >= 15 is 0 Å². The molecule has 0 aliphatic heterocycles. The highest BCUT2D eigenvalue weighted by molar-refractivity contribution is 5.87. The predicted molar refractivity (Wildman–Crippen MR) is 122 cm³/mol. The highest BCUT2D eigenvalue weighted by atomic mass is 16.4. The normalized spacial score (nSPS) is 15.8. The molecule has 0 bridgehead atoms. The average Bonchev–Trinajstić information content (AvgIpc) is 3.39. The molecule has 2 aromatic heterocycles. The number of carboxylic acids is 1. The van der Waals surface area contributed by atoms with Crippen LogP contribution in [0.5, 0.6) is 0 Å². The van der Waals surface area contributed by atoms with Crippen LogP contribution in [0.3, 0.4) is 0 Å².